The first-order valence-electron chi connectivity index (χ1n) is 6.52. The van der Waals surface area contributed by atoms with Gasteiger partial charge in [-0.3, -0.25) is 4.79 Å². The standard InChI is InChI=1S/C16H22O3/c1-11(2)7-8-19-13-5-6-14(16(18)10-13)15(17)9-12(3)4/h5-7,10,12,18H,8-9H2,1-4H3. The van der Waals surface area contributed by atoms with Gasteiger partial charge in [-0.15, -0.1) is 0 Å². The lowest BCUT2D eigenvalue weighted by Gasteiger charge is -2.09. The van der Waals surface area contributed by atoms with E-state index in [1.165, 1.54) is 11.6 Å². The van der Waals surface area contributed by atoms with Gasteiger partial charge in [0.2, 0.25) is 0 Å². The van der Waals surface area contributed by atoms with Crippen molar-refractivity contribution in [1.29, 1.82) is 0 Å². The van der Waals surface area contributed by atoms with E-state index in [0.717, 1.165) is 0 Å². The Balaban J connectivity index is 2.74. The van der Waals surface area contributed by atoms with Crippen LogP contribution in [-0.4, -0.2) is 17.5 Å². The molecule has 0 aliphatic heterocycles. The minimum atomic E-state index is -0.0386. The van der Waals surface area contributed by atoms with Crippen molar-refractivity contribution in [2.45, 2.75) is 34.1 Å². The molecule has 3 nitrogen and oxygen atoms in total. The largest absolute Gasteiger partial charge is 0.507 e. The molecule has 0 bridgehead atoms. The molecule has 0 spiro atoms. The molecule has 0 fully saturated rings. The number of aromatic hydroxyl groups is 1. The number of carbonyl (C=O) groups excluding carboxylic acids is 1. The van der Waals surface area contributed by atoms with E-state index < -0.39 is 0 Å². The third-order valence-corrected chi connectivity index (χ3v) is 2.60. The topological polar surface area (TPSA) is 46.5 Å². The van der Waals surface area contributed by atoms with Crippen LogP contribution in [0.3, 0.4) is 0 Å². The molecule has 0 radical (unpaired) electrons. The van der Waals surface area contributed by atoms with Gasteiger partial charge in [-0.25, -0.2) is 0 Å². The van der Waals surface area contributed by atoms with Crippen LogP contribution in [0.25, 0.3) is 0 Å². The number of ketones is 1. The summed E-state index contributed by atoms with van der Waals surface area (Å²) in [6.07, 6.45) is 2.39. The second-order valence-electron chi connectivity index (χ2n) is 5.29. The zero-order chi connectivity index (χ0) is 14.4. The first-order valence-corrected chi connectivity index (χ1v) is 6.52. The van der Waals surface area contributed by atoms with E-state index in [1.807, 2.05) is 33.8 Å². The second-order valence-corrected chi connectivity index (χ2v) is 5.29. The highest BCUT2D eigenvalue weighted by molar-refractivity contribution is 5.98. The number of hydrogen-bond acceptors (Lipinski definition) is 3. The lowest BCUT2D eigenvalue weighted by molar-refractivity contribution is 0.0965. The molecule has 19 heavy (non-hydrogen) atoms. The first kappa shape index (κ1) is 15.3. The van der Waals surface area contributed by atoms with Gasteiger partial charge < -0.3 is 9.84 Å². The maximum Gasteiger partial charge on any atom is 0.166 e. The first-order chi connectivity index (χ1) is 8.90. The van der Waals surface area contributed by atoms with Crippen LogP contribution in [-0.2, 0) is 0 Å². The SMILES string of the molecule is CC(C)=CCOc1ccc(C(=O)CC(C)C)c(O)c1. The molecule has 0 aromatic heterocycles. The normalized spacial score (nSPS) is 10.4. The Bertz CT molecular complexity index is 469. The van der Waals surface area contributed by atoms with Crippen LogP contribution in [0.4, 0.5) is 0 Å². The highest BCUT2D eigenvalue weighted by Gasteiger charge is 2.13. The van der Waals surface area contributed by atoms with Crippen LogP contribution in [0.1, 0.15) is 44.5 Å². The van der Waals surface area contributed by atoms with E-state index in [4.69, 9.17) is 4.74 Å². The Labute approximate surface area is 114 Å². The van der Waals surface area contributed by atoms with E-state index in [0.29, 0.717) is 24.3 Å². The van der Waals surface area contributed by atoms with Crippen LogP contribution >= 0.6 is 0 Å². The van der Waals surface area contributed by atoms with Crippen molar-refractivity contribution in [2.24, 2.45) is 5.92 Å². The summed E-state index contributed by atoms with van der Waals surface area (Å²) in [6, 6.07) is 4.83. The van der Waals surface area contributed by atoms with Gasteiger partial charge in [0.1, 0.15) is 18.1 Å². The summed E-state index contributed by atoms with van der Waals surface area (Å²) in [5.41, 5.74) is 1.54. The van der Waals surface area contributed by atoms with Gasteiger partial charge in [0.25, 0.3) is 0 Å². The summed E-state index contributed by atoms with van der Waals surface area (Å²) < 4.78 is 5.47. The monoisotopic (exact) mass is 262 g/mol. The number of Topliss-reactive ketones (excluding diaryl/α,β-unsaturated/α-hetero) is 1. The lowest BCUT2D eigenvalue weighted by atomic mass is 10.0. The fourth-order valence-corrected chi connectivity index (χ4v) is 1.62. The Morgan fingerprint density at radius 1 is 1.37 bits per heavy atom. The minimum Gasteiger partial charge on any atom is -0.507 e. The van der Waals surface area contributed by atoms with Crippen LogP contribution < -0.4 is 4.74 Å². The van der Waals surface area contributed by atoms with E-state index in [-0.39, 0.29) is 17.5 Å². The molecule has 1 N–H and O–H groups in total. The predicted octanol–water partition coefficient (Wildman–Crippen LogP) is 3.97. The van der Waals surface area contributed by atoms with Crippen molar-refractivity contribution < 1.29 is 14.6 Å². The van der Waals surface area contributed by atoms with Gasteiger partial charge in [0.15, 0.2) is 5.78 Å². The summed E-state index contributed by atoms with van der Waals surface area (Å²) >= 11 is 0. The highest BCUT2D eigenvalue weighted by Crippen LogP contribution is 2.25. The minimum absolute atomic E-state index is 0.0136. The lowest BCUT2D eigenvalue weighted by Crippen LogP contribution is -2.04. The van der Waals surface area contributed by atoms with Crippen LogP contribution in [0.2, 0.25) is 0 Å². The van der Waals surface area contributed by atoms with Gasteiger partial charge in [-0.2, -0.15) is 0 Å². The summed E-state index contributed by atoms with van der Waals surface area (Å²) in [5, 5.41) is 9.87. The third-order valence-electron chi connectivity index (χ3n) is 2.60. The van der Waals surface area contributed by atoms with Crippen molar-refractivity contribution >= 4 is 5.78 Å². The average molecular weight is 262 g/mol. The van der Waals surface area contributed by atoms with Crippen molar-refractivity contribution in [2.75, 3.05) is 6.61 Å². The van der Waals surface area contributed by atoms with Gasteiger partial charge in [-0.1, -0.05) is 19.4 Å². The Hall–Kier alpha value is -1.77. The van der Waals surface area contributed by atoms with Gasteiger partial charge >= 0.3 is 0 Å². The smallest absolute Gasteiger partial charge is 0.166 e. The number of hydrogen-bond donors (Lipinski definition) is 1. The summed E-state index contributed by atoms with van der Waals surface area (Å²) in [5.74, 6) is 0.792. The summed E-state index contributed by atoms with van der Waals surface area (Å²) in [7, 11) is 0. The van der Waals surface area contributed by atoms with Gasteiger partial charge in [0.05, 0.1) is 5.56 Å². The number of allylic oxidation sites excluding steroid dienone is 1. The molecular weight excluding hydrogens is 240 g/mol. The number of rotatable bonds is 6. The zero-order valence-electron chi connectivity index (χ0n) is 12.1. The zero-order valence-corrected chi connectivity index (χ0v) is 12.1. The molecule has 1 aromatic carbocycles. The summed E-state index contributed by atoms with van der Waals surface area (Å²) in [4.78, 5) is 11.9. The third kappa shape index (κ3) is 5.16. The molecule has 0 aliphatic rings. The number of benzene rings is 1. The summed E-state index contributed by atoms with van der Waals surface area (Å²) in [6.45, 7) is 8.40. The van der Waals surface area contributed by atoms with E-state index in [1.54, 1.807) is 12.1 Å². The van der Waals surface area contributed by atoms with Crippen LogP contribution in [0.5, 0.6) is 11.5 Å². The van der Waals surface area contributed by atoms with Crippen LogP contribution in [0.15, 0.2) is 29.8 Å². The molecular formula is C16H22O3. The number of carbonyl (C=O) groups is 1. The molecule has 0 amide bonds. The van der Waals surface area contributed by atoms with E-state index in [9.17, 15) is 9.90 Å². The number of phenolic OH excluding ortho intramolecular Hbond substituents is 1. The number of ether oxygens (including phenoxy) is 1. The van der Waals surface area contributed by atoms with Crippen LogP contribution in [0, 0.1) is 5.92 Å². The Morgan fingerprint density at radius 2 is 2.05 bits per heavy atom. The average Bonchev–Trinajstić information content (AvgIpc) is 2.27. The van der Waals surface area contributed by atoms with Gasteiger partial charge in [0, 0.05) is 12.5 Å². The Morgan fingerprint density at radius 3 is 2.58 bits per heavy atom. The maximum atomic E-state index is 11.9. The molecule has 1 rings (SSSR count). The van der Waals surface area contributed by atoms with Crippen molar-refractivity contribution in [3.63, 3.8) is 0 Å². The maximum absolute atomic E-state index is 11.9. The second kappa shape index (κ2) is 6.98. The molecule has 3 heteroatoms. The molecule has 0 saturated carbocycles. The van der Waals surface area contributed by atoms with Crippen molar-refractivity contribution in [3.05, 3.63) is 35.4 Å². The molecule has 104 valence electrons. The van der Waals surface area contributed by atoms with E-state index in [2.05, 4.69) is 0 Å². The highest BCUT2D eigenvalue weighted by atomic mass is 16.5. The molecule has 0 atom stereocenters. The van der Waals surface area contributed by atoms with E-state index >= 15 is 0 Å². The molecule has 1 aromatic rings. The fourth-order valence-electron chi connectivity index (χ4n) is 1.62. The van der Waals surface area contributed by atoms with Crippen molar-refractivity contribution in [3.8, 4) is 11.5 Å². The molecule has 0 saturated heterocycles. The molecule has 0 heterocycles. The fraction of sp³-hybridized carbons (Fsp3) is 0.438. The molecule has 0 aliphatic carbocycles. The molecule has 0 unspecified atom stereocenters. The Kier molecular flexibility index (Phi) is 5.61. The van der Waals surface area contributed by atoms with Crippen molar-refractivity contribution in [1.82, 2.24) is 0 Å². The quantitative estimate of drug-likeness (QED) is 0.623. The number of phenols is 1. The predicted molar refractivity (Wildman–Crippen MR) is 76.8 cm³/mol. The van der Waals surface area contributed by atoms with Gasteiger partial charge in [-0.05, 0) is 38.0 Å².